The topological polar surface area (TPSA) is 118 Å². The summed E-state index contributed by atoms with van der Waals surface area (Å²) in [7, 11) is 2.62. The van der Waals surface area contributed by atoms with Crippen LogP contribution in [-0.4, -0.2) is 56.2 Å². The highest BCUT2D eigenvalue weighted by atomic mass is 16.6. The van der Waals surface area contributed by atoms with Crippen LogP contribution in [0.4, 0.5) is 0 Å². The molecule has 0 spiro atoms. The van der Waals surface area contributed by atoms with E-state index < -0.39 is 58.2 Å². The molecular formula is C30H38O9. The second-order valence-corrected chi connectivity index (χ2v) is 12.4. The van der Waals surface area contributed by atoms with Gasteiger partial charge in [0.05, 0.1) is 38.3 Å². The Morgan fingerprint density at radius 1 is 1.13 bits per heavy atom. The van der Waals surface area contributed by atoms with E-state index in [4.69, 9.17) is 23.4 Å². The van der Waals surface area contributed by atoms with Gasteiger partial charge >= 0.3 is 17.9 Å². The number of hydrogen-bond donors (Lipinski definition) is 0. The summed E-state index contributed by atoms with van der Waals surface area (Å²) in [5, 5.41) is 0. The van der Waals surface area contributed by atoms with Crippen molar-refractivity contribution in [3.63, 3.8) is 0 Å². The first kappa shape index (κ1) is 27.6. The molecule has 3 fully saturated rings. The van der Waals surface area contributed by atoms with Crippen molar-refractivity contribution >= 4 is 23.7 Å². The zero-order chi connectivity index (χ0) is 28.5. The lowest BCUT2D eigenvalue weighted by Crippen LogP contribution is -2.70. The fourth-order valence-corrected chi connectivity index (χ4v) is 9.24. The molecular weight excluding hydrogens is 504 g/mol. The van der Waals surface area contributed by atoms with E-state index in [1.54, 1.807) is 32.4 Å². The molecule has 0 amide bonds. The van der Waals surface area contributed by atoms with Crippen molar-refractivity contribution < 1.29 is 42.5 Å². The molecule has 2 heterocycles. The molecule has 1 aromatic rings. The highest BCUT2D eigenvalue weighted by Crippen LogP contribution is 2.71. The smallest absolute Gasteiger partial charge is 0.315 e. The summed E-state index contributed by atoms with van der Waals surface area (Å²) in [4.78, 5) is 52.9. The summed E-state index contributed by atoms with van der Waals surface area (Å²) in [6.07, 6.45) is 5.28. The second kappa shape index (κ2) is 9.32. The fraction of sp³-hybridized carbons (Fsp3) is 0.667. The molecule has 4 aliphatic rings. The van der Waals surface area contributed by atoms with Crippen LogP contribution < -0.4 is 0 Å². The van der Waals surface area contributed by atoms with Gasteiger partial charge in [0.1, 0.15) is 12.2 Å². The molecule has 39 heavy (non-hydrogen) atoms. The van der Waals surface area contributed by atoms with Gasteiger partial charge in [-0.05, 0) is 54.7 Å². The molecule has 1 aliphatic heterocycles. The largest absolute Gasteiger partial charge is 0.472 e. The monoisotopic (exact) mass is 542 g/mol. The Kier molecular flexibility index (Phi) is 6.60. The van der Waals surface area contributed by atoms with Crippen molar-refractivity contribution in [2.75, 3.05) is 14.2 Å². The Morgan fingerprint density at radius 2 is 1.85 bits per heavy atom. The van der Waals surface area contributed by atoms with E-state index in [0.29, 0.717) is 0 Å². The molecule has 0 aromatic carbocycles. The maximum absolute atomic E-state index is 14.0. The van der Waals surface area contributed by atoms with E-state index in [2.05, 4.69) is 13.8 Å². The molecule has 0 bridgehead atoms. The van der Waals surface area contributed by atoms with Crippen molar-refractivity contribution in [3.05, 3.63) is 36.3 Å². The lowest BCUT2D eigenvalue weighted by Gasteiger charge is -2.63. The third-order valence-electron chi connectivity index (χ3n) is 10.7. The maximum Gasteiger partial charge on any atom is 0.315 e. The van der Waals surface area contributed by atoms with Gasteiger partial charge in [0.25, 0.3) is 0 Å². The third kappa shape index (κ3) is 3.68. The average Bonchev–Trinajstić information content (AvgIpc) is 3.60. The van der Waals surface area contributed by atoms with E-state index in [9.17, 15) is 19.2 Å². The van der Waals surface area contributed by atoms with E-state index in [-0.39, 0.29) is 36.1 Å². The summed E-state index contributed by atoms with van der Waals surface area (Å²) in [5.41, 5.74) is -2.25. The molecule has 2 saturated carbocycles. The van der Waals surface area contributed by atoms with E-state index in [1.807, 2.05) is 6.07 Å². The molecule has 1 aromatic heterocycles. The van der Waals surface area contributed by atoms with Crippen LogP contribution in [0.2, 0.25) is 0 Å². The highest BCUT2D eigenvalue weighted by molar-refractivity contribution is 5.99. The number of carbonyl (C=O) groups is 4. The quantitative estimate of drug-likeness (QED) is 0.404. The van der Waals surface area contributed by atoms with Gasteiger partial charge in [-0.25, -0.2) is 0 Å². The molecule has 0 N–H and O–H groups in total. The molecule has 9 nitrogen and oxygen atoms in total. The number of rotatable bonds is 5. The summed E-state index contributed by atoms with van der Waals surface area (Å²) < 4.78 is 28.6. The average molecular weight is 543 g/mol. The highest BCUT2D eigenvalue weighted by Gasteiger charge is 2.77. The van der Waals surface area contributed by atoms with Gasteiger partial charge in [0.2, 0.25) is 0 Å². The minimum Gasteiger partial charge on any atom is -0.472 e. The molecule has 212 valence electrons. The van der Waals surface area contributed by atoms with Crippen molar-refractivity contribution in [1.82, 2.24) is 0 Å². The Bertz CT molecular complexity index is 1200. The van der Waals surface area contributed by atoms with Gasteiger partial charge in [-0.2, -0.15) is 0 Å². The van der Waals surface area contributed by atoms with Crippen LogP contribution in [0.3, 0.4) is 0 Å². The predicted molar refractivity (Wildman–Crippen MR) is 137 cm³/mol. The van der Waals surface area contributed by atoms with Crippen molar-refractivity contribution in [3.8, 4) is 0 Å². The molecule has 5 rings (SSSR count). The van der Waals surface area contributed by atoms with Crippen LogP contribution in [0.25, 0.3) is 0 Å². The Hall–Kier alpha value is -2.94. The number of esters is 3. The van der Waals surface area contributed by atoms with Crippen LogP contribution in [-0.2, 0) is 38.1 Å². The SMILES string of the molecule is COC(=O)C[C@@H]1[C@@]2(C)C(=O)C=C[C@@](C)(C(=O)OC)[C@@H]2[C@@H](OC(C)=O)[C@H]2O[C@@H]3C[C@@H](c4ccoc4)[C@@H](C)[C@H]3[C@]21C. The minimum atomic E-state index is -1.31. The lowest BCUT2D eigenvalue weighted by molar-refractivity contribution is -0.232. The van der Waals surface area contributed by atoms with E-state index in [1.165, 1.54) is 27.2 Å². The molecule has 3 aliphatic carbocycles. The molecule has 11 atom stereocenters. The van der Waals surface area contributed by atoms with Gasteiger partial charge in [0, 0.05) is 30.1 Å². The number of ether oxygens (including phenoxy) is 4. The number of ketones is 1. The van der Waals surface area contributed by atoms with Crippen LogP contribution in [0.5, 0.6) is 0 Å². The standard InChI is InChI=1S/C30H38O9/c1-15-18(17-9-11-37-14-17)12-19-23(15)30(5)20(13-22(33)35-6)29(4)21(32)8-10-28(3,27(34)36-7)25(29)24(26(30)39-19)38-16(2)31/h8-11,14-15,18-20,23-26H,12-13H2,1-7H3/t15-,18-,19-,20-,23-,24-,25+,26-,28-,29+,30-/m1/s1. The zero-order valence-corrected chi connectivity index (χ0v) is 23.6. The summed E-state index contributed by atoms with van der Waals surface area (Å²) >= 11 is 0. The van der Waals surface area contributed by atoms with E-state index >= 15 is 0 Å². The molecule has 0 radical (unpaired) electrons. The van der Waals surface area contributed by atoms with Gasteiger partial charge in [-0.15, -0.1) is 0 Å². The number of fused-ring (bicyclic) bond motifs is 4. The van der Waals surface area contributed by atoms with Gasteiger partial charge in [0.15, 0.2) is 5.78 Å². The normalized spacial score (nSPS) is 44.2. The van der Waals surface area contributed by atoms with Crippen molar-refractivity contribution in [2.24, 2.45) is 39.9 Å². The Balaban J connectivity index is 1.73. The number of allylic oxidation sites excluding steroid dienone is 1. The first-order valence-corrected chi connectivity index (χ1v) is 13.6. The van der Waals surface area contributed by atoms with Crippen LogP contribution in [0, 0.1) is 39.9 Å². The summed E-state index contributed by atoms with van der Waals surface area (Å²) in [6.45, 7) is 9.05. The number of furan rings is 1. The second-order valence-electron chi connectivity index (χ2n) is 12.4. The predicted octanol–water partition coefficient (Wildman–Crippen LogP) is 3.86. The van der Waals surface area contributed by atoms with Gasteiger partial charge in [-0.1, -0.05) is 26.8 Å². The van der Waals surface area contributed by atoms with Crippen LogP contribution >= 0.6 is 0 Å². The Morgan fingerprint density at radius 3 is 2.44 bits per heavy atom. The minimum absolute atomic E-state index is 0.0458. The number of methoxy groups -OCH3 is 2. The van der Waals surface area contributed by atoms with Gasteiger partial charge in [-0.3, -0.25) is 19.2 Å². The van der Waals surface area contributed by atoms with Crippen LogP contribution in [0.1, 0.15) is 58.9 Å². The van der Waals surface area contributed by atoms with E-state index in [0.717, 1.165) is 12.0 Å². The van der Waals surface area contributed by atoms with Crippen molar-refractivity contribution in [1.29, 1.82) is 0 Å². The number of hydrogen-bond acceptors (Lipinski definition) is 9. The fourth-order valence-electron chi connectivity index (χ4n) is 9.24. The first-order valence-electron chi connectivity index (χ1n) is 13.6. The zero-order valence-electron chi connectivity index (χ0n) is 23.6. The first-order chi connectivity index (χ1) is 18.3. The molecule has 0 unspecified atom stereocenters. The third-order valence-corrected chi connectivity index (χ3v) is 10.7. The molecule has 1 saturated heterocycles. The van der Waals surface area contributed by atoms with Crippen LogP contribution in [0.15, 0.2) is 35.2 Å². The summed E-state index contributed by atoms with van der Waals surface area (Å²) in [6, 6.07) is 1.96. The summed E-state index contributed by atoms with van der Waals surface area (Å²) in [5.74, 6) is -2.93. The lowest BCUT2D eigenvalue weighted by atomic mass is 9.40. The Labute approximate surface area is 228 Å². The maximum atomic E-state index is 14.0. The van der Waals surface area contributed by atoms with Crippen molar-refractivity contribution in [2.45, 2.75) is 71.7 Å². The molecule has 9 heteroatoms. The number of carbonyl (C=O) groups excluding carboxylic acids is 4. The van der Waals surface area contributed by atoms with Gasteiger partial charge < -0.3 is 23.4 Å².